The highest BCUT2D eigenvalue weighted by molar-refractivity contribution is 5.55. The molecule has 0 aliphatic carbocycles. The maximum atomic E-state index is 5.39. The fourth-order valence-electron chi connectivity index (χ4n) is 1.98. The zero-order valence-corrected chi connectivity index (χ0v) is 12.1. The van der Waals surface area contributed by atoms with Gasteiger partial charge in [-0.15, -0.1) is 0 Å². The second-order valence-electron chi connectivity index (χ2n) is 4.42. The molecular weight excluding hydrogens is 224 g/mol. The first-order valence-corrected chi connectivity index (χ1v) is 6.90. The van der Waals surface area contributed by atoms with E-state index in [0.29, 0.717) is 6.04 Å². The SMILES string of the molecule is CCOCC(C)Nc1ccc(N(CC)CC)cc1. The number of rotatable bonds is 8. The van der Waals surface area contributed by atoms with Gasteiger partial charge < -0.3 is 15.0 Å². The zero-order chi connectivity index (χ0) is 13.4. The van der Waals surface area contributed by atoms with Crippen molar-refractivity contribution in [2.45, 2.75) is 33.7 Å². The summed E-state index contributed by atoms with van der Waals surface area (Å²) in [6, 6.07) is 8.95. The average molecular weight is 250 g/mol. The molecule has 1 atom stereocenters. The lowest BCUT2D eigenvalue weighted by Gasteiger charge is -2.22. The minimum absolute atomic E-state index is 0.337. The smallest absolute Gasteiger partial charge is 0.0664 e. The van der Waals surface area contributed by atoms with Crippen molar-refractivity contribution in [2.24, 2.45) is 0 Å². The Kier molecular flexibility index (Phi) is 6.58. The first-order valence-electron chi connectivity index (χ1n) is 6.90. The van der Waals surface area contributed by atoms with Crippen LogP contribution >= 0.6 is 0 Å². The Bertz CT molecular complexity index is 320. The van der Waals surface area contributed by atoms with E-state index in [2.05, 4.69) is 55.3 Å². The summed E-state index contributed by atoms with van der Waals surface area (Å²) in [5.41, 5.74) is 2.43. The summed E-state index contributed by atoms with van der Waals surface area (Å²) in [5.74, 6) is 0. The van der Waals surface area contributed by atoms with Crippen molar-refractivity contribution in [2.75, 3.05) is 36.5 Å². The number of anilines is 2. The zero-order valence-electron chi connectivity index (χ0n) is 12.1. The summed E-state index contributed by atoms with van der Waals surface area (Å²) in [7, 11) is 0. The molecule has 0 aliphatic rings. The van der Waals surface area contributed by atoms with Crippen LogP contribution in [0.2, 0.25) is 0 Å². The quantitative estimate of drug-likeness (QED) is 0.765. The van der Waals surface area contributed by atoms with Gasteiger partial charge in [-0.25, -0.2) is 0 Å². The lowest BCUT2D eigenvalue weighted by Crippen LogP contribution is -2.23. The summed E-state index contributed by atoms with van der Waals surface area (Å²) in [5, 5.41) is 3.44. The van der Waals surface area contributed by atoms with Crippen LogP contribution in [0.3, 0.4) is 0 Å². The summed E-state index contributed by atoms with van der Waals surface area (Å²) in [6.45, 7) is 12.1. The molecule has 102 valence electrons. The van der Waals surface area contributed by atoms with Crippen LogP contribution in [-0.2, 0) is 4.74 Å². The number of ether oxygens (including phenoxy) is 1. The van der Waals surface area contributed by atoms with Gasteiger partial charge in [0.2, 0.25) is 0 Å². The highest BCUT2D eigenvalue weighted by Gasteiger charge is 2.04. The molecule has 0 heterocycles. The molecule has 0 saturated carbocycles. The van der Waals surface area contributed by atoms with E-state index < -0.39 is 0 Å². The number of nitrogens with one attached hydrogen (secondary N) is 1. The second kappa shape index (κ2) is 7.98. The van der Waals surface area contributed by atoms with E-state index >= 15 is 0 Å². The van der Waals surface area contributed by atoms with Gasteiger partial charge in [0.15, 0.2) is 0 Å². The molecule has 1 aromatic carbocycles. The molecule has 3 heteroatoms. The topological polar surface area (TPSA) is 24.5 Å². The van der Waals surface area contributed by atoms with E-state index in [9.17, 15) is 0 Å². The average Bonchev–Trinajstić information content (AvgIpc) is 2.40. The summed E-state index contributed by atoms with van der Waals surface area (Å²) >= 11 is 0. The lowest BCUT2D eigenvalue weighted by atomic mass is 10.2. The molecule has 0 fully saturated rings. The molecule has 1 aromatic rings. The number of hydrogen-bond donors (Lipinski definition) is 1. The predicted molar refractivity (Wildman–Crippen MR) is 79.6 cm³/mol. The van der Waals surface area contributed by atoms with Crippen LogP contribution < -0.4 is 10.2 Å². The maximum Gasteiger partial charge on any atom is 0.0664 e. The second-order valence-corrected chi connectivity index (χ2v) is 4.42. The van der Waals surface area contributed by atoms with Gasteiger partial charge in [0.25, 0.3) is 0 Å². The van der Waals surface area contributed by atoms with Crippen molar-refractivity contribution in [3.05, 3.63) is 24.3 Å². The molecule has 0 saturated heterocycles. The summed E-state index contributed by atoms with van der Waals surface area (Å²) in [4.78, 5) is 2.34. The molecule has 3 nitrogen and oxygen atoms in total. The predicted octanol–water partition coefficient (Wildman–Crippen LogP) is 3.37. The molecule has 0 aromatic heterocycles. The third kappa shape index (κ3) is 4.57. The van der Waals surface area contributed by atoms with Crippen molar-refractivity contribution < 1.29 is 4.74 Å². The third-order valence-electron chi connectivity index (χ3n) is 2.98. The van der Waals surface area contributed by atoms with Crippen molar-refractivity contribution in [1.29, 1.82) is 0 Å². The molecule has 18 heavy (non-hydrogen) atoms. The van der Waals surface area contributed by atoms with Crippen LogP contribution in [0.15, 0.2) is 24.3 Å². The standard InChI is InChI=1S/C15H26N2O/c1-5-17(6-2)15-10-8-14(9-11-15)16-13(4)12-18-7-3/h8-11,13,16H,5-7,12H2,1-4H3. The van der Waals surface area contributed by atoms with Crippen LogP contribution in [0.5, 0.6) is 0 Å². The van der Waals surface area contributed by atoms with Crippen LogP contribution in [0.25, 0.3) is 0 Å². The molecule has 0 radical (unpaired) electrons. The van der Waals surface area contributed by atoms with Gasteiger partial charge in [-0.1, -0.05) is 0 Å². The molecular formula is C15H26N2O. The van der Waals surface area contributed by atoms with Crippen molar-refractivity contribution in [1.82, 2.24) is 0 Å². The van der Waals surface area contributed by atoms with Gasteiger partial charge in [0.1, 0.15) is 0 Å². The highest BCUT2D eigenvalue weighted by Crippen LogP contribution is 2.18. The summed E-state index contributed by atoms with van der Waals surface area (Å²) in [6.07, 6.45) is 0. The largest absolute Gasteiger partial charge is 0.380 e. The monoisotopic (exact) mass is 250 g/mol. The first kappa shape index (κ1) is 14.8. The van der Waals surface area contributed by atoms with Gasteiger partial charge in [-0.05, 0) is 52.0 Å². The van der Waals surface area contributed by atoms with Crippen molar-refractivity contribution >= 4 is 11.4 Å². The molecule has 1 N–H and O–H groups in total. The number of nitrogens with zero attached hydrogens (tertiary/aromatic N) is 1. The Balaban J connectivity index is 2.54. The molecule has 0 bridgehead atoms. The van der Waals surface area contributed by atoms with E-state index in [1.54, 1.807) is 0 Å². The third-order valence-corrected chi connectivity index (χ3v) is 2.98. The van der Waals surface area contributed by atoms with Crippen LogP contribution in [0.4, 0.5) is 11.4 Å². The van der Waals surface area contributed by atoms with Crippen molar-refractivity contribution in [3.63, 3.8) is 0 Å². The number of benzene rings is 1. The Morgan fingerprint density at radius 3 is 2.22 bits per heavy atom. The molecule has 0 aliphatic heterocycles. The Hall–Kier alpha value is -1.22. The highest BCUT2D eigenvalue weighted by atomic mass is 16.5. The van der Waals surface area contributed by atoms with Gasteiger partial charge in [-0.2, -0.15) is 0 Å². The van der Waals surface area contributed by atoms with E-state index in [1.165, 1.54) is 5.69 Å². The Morgan fingerprint density at radius 2 is 1.72 bits per heavy atom. The van der Waals surface area contributed by atoms with Crippen molar-refractivity contribution in [3.8, 4) is 0 Å². The summed E-state index contributed by atoms with van der Waals surface area (Å²) < 4.78 is 5.39. The Morgan fingerprint density at radius 1 is 1.11 bits per heavy atom. The van der Waals surface area contributed by atoms with Gasteiger partial charge in [-0.3, -0.25) is 0 Å². The minimum Gasteiger partial charge on any atom is -0.380 e. The van der Waals surface area contributed by atoms with Crippen LogP contribution in [-0.4, -0.2) is 32.3 Å². The number of hydrogen-bond acceptors (Lipinski definition) is 3. The molecule has 0 amide bonds. The van der Waals surface area contributed by atoms with E-state index in [4.69, 9.17) is 4.74 Å². The van der Waals surface area contributed by atoms with Gasteiger partial charge >= 0.3 is 0 Å². The van der Waals surface area contributed by atoms with Gasteiger partial charge in [0, 0.05) is 37.1 Å². The lowest BCUT2D eigenvalue weighted by molar-refractivity contribution is 0.141. The van der Waals surface area contributed by atoms with E-state index in [-0.39, 0.29) is 0 Å². The van der Waals surface area contributed by atoms with Crippen LogP contribution in [0.1, 0.15) is 27.7 Å². The molecule has 0 spiro atoms. The normalized spacial score (nSPS) is 12.2. The van der Waals surface area contributed by atoms with E-state index in [0.717, 1.165) is 32.0 Å². The molecule has 1 rings (SSSR count). The first-order chi connectivity index (χ1) is 8.71. The maximum absolute atomic E-state index is 5.39. The minimum atomic E-state index is 0.337. The fourth-order valence-corrected chi connectivity index (χ4v) is 1.98. The fraction of sp³-hybridized carbons (Fsp3) is 0.600. The van der Waals surface area contributed by atoms with E-state index in [1.807, 2.05) is 6.92 Å². The Labute approximate surface area is 111 Å². The van der Waals surface area contributed by atoms with Crippen LogP contribution in [0, 0.1) is 0 Å². The van der Waals surface area contributed by atoms with Gasteiger partial charge in [0.05, 0.1) is 6.61 Å². The molecule has 1 unspecified atom stereocenters.